The molecular weight excluding hydrogens is 502 g/mol. The van der Waals surface area contributed by atoms with Gasteiger partial charge in [-0.25, -0.2) is 9.18 Å². The van der Waals surface area contributed by atoms with Crippen molar-refractivity contribution in [2.45, 2.75) is 15.4 Å². The van der Waals surface area contributed by atoms with Crippen LogP contribution in [0.15, 0.2) is 18.2 Å². The number of benzene rings is 1. The summed E-state index contributed by atoms with van der Waals surface area (Å²) in [6.07, 6.45) is -0.916. The number of rotatable bonds is 6. The Morgan fingerprint density at radius 1 is 1.43 bits per heavy atom. The number of ether oxygens (including phenoxy) is 3. The average Bonchev–Trinajstić information content (AvgIpc) is 2.38. The fourth-order valence-electron chi connectivity index (χ4n) is 1.21. The van der Waals surface area contributed by atoms with Crippen molar-refractivity contribution in [1.82, 2.24) is 0 Å². The summed E-state index contributed by atoms with van der Waals surface area (Å²) in [6, 6.07) is 3.86. The first-order chi connectivity index (χ1) is 9.74. The fourth-order valence-corrected chi connectivity index (χ4v) is 2.00. The number of carbonyl (C=O) groups is 1. The van der Waals surface area contributed by atoms with Crippen LogP contribution in [0.3, 0.4) is 0 Å². The predicted octanol–water partition coefficient (Wildman–Crippen LogP) is 4.60. The van der Waals surface area contributed by atoms with Crippen molar-refractivity contribution in [2.75, 3.05) is 13.2 Å². The Kier molecular flexibility index (Phi) is 7.91. The molecule has 4 nitrogen and oxygen atoms in total. The van der Waals surface area contributed by atoms with Gasteiger partial charge in [-0.2, -0.15) is 0 Å². The second-order valence-electron chi connectivity index (χ2n) is 3.68. The number of halogens is 5. The van der Waals surface area contributed by atoms with E-state index in [9.17, 15) is 9.18 Å². The molecule has 21 heavy (non-hydrogen) atoms. The maximum Gasteiger partial charge on any atom is 0.346 e. The Hall–Kier alpha value is 0.110. The molecule has 0 bridgehead atoms. The average molecular weight is 513 g/mol. The van der Waals surface area contributed by atoms with Gasteiger partial charge in [0.25, 0.3) is 0 Å². The van der Waals surface area contributed by atoms with Crippen molar-refractivity contribution in [3.05, 3.63) is 29.0 Å². The molecule has 1 unspecified atom stereocenters. The van der Waals surface area contributed by atoms with Gasteiger partial charge in [0.2, 0.25) is 6.29 Å². The SMILES string of the molecule is CCOC(OC(=O)COc1ccc(Cl)c(F)c1)C(Br)(Br)Br. The molecule has 0 aliphatic rings. The van der Waals surface area contributed by atoms with Crippen LogP contribution in [0.5, 0.6) is 5.75 Å². The van der Waals surface area contributed by atoms with Crippen molar-refractivity contribution in [1.29, 1.82) is 0 Å². The van der Waals surface area contributed by atoms with E-state index in [1.807, 2.05) is 0 Å². The van der Waals surface area contributed by atoms with Crippen molar-refractivity contribution < 1.29 is 23.4 Å². The van der Waals surface area contributed by atoms with Crippen LogP contribution in [-0.2, 0) is 14.3 Å². The zero-order chi connectivity index (χ0) is 16.0. The summed E-state index contributed by atoms with van der Waals surface area (Å²) in [4.78, 5) is 11.7. The molecule has 118 valence electrons. The topological polar surface area (TPSA) is 44.8 Å². The van der Waals surface area contributed by atoms with E-state index >= 15 is 0 Å². The largest absolute Gasteiger partial charge is 0.482 e. The van der Waals surface area contributed by atoms with E-state index in [-0.39, 0.29) is 10.8 Å². The quantitative estimate of drug-likeness (QED) is 0.317. The molecule has 0 aliphatic heterocycles. The molecule has 0 saturated carbocycles. The van der Waals surface area contributed by atoms with Crippen LogP contribution >= 0.6 is 59.4 Å². The molecule has 1 aromatic rings. The van der Waals surface area contributed by atoms with Gasteiger partial charge in [-0.1, -0.05) is 59.4 Å². The molecule has 0 spiro atoms. The van der Waals surface area contributed by atoms with Gasteiger partial charge in [-0.05, 0) is 19.1 Å². The highest BCUT2D eigenvalue weighted by atomic mass is 80.0. The van der Waals surface area contributed by atoms with E-state index in [0.29, 0.717) is 6.61 Å². The minimum atomic E-state index is -0.916. The normalized spacial score (nSPS) is 12.9. The summed E-state index contributed by atoms with van der Waals surface area (Å²) in [7, 11) is 0. The standard InChI is InChI=1S/C12H11Br3ClFO4/c1-2-19-11(12(13,14)15)21-10(18)6-20-7-3-4-8(16)9(17)5-7/h3-5,11H,2,6H2,1H3. The fraction of sp³-hybridized carbons (Fsp3) is 0.417. The van der Waals surface area contributed by atoms with Gasteiger partial charge in [0.15, 0.2) is 8.75 Å². The summed E-state index contributed by atoms with van der Waals surface area (Å²) in [6.45, 7) is 1.70. The Balaban J connectivity index is 2.54. The van der Waals surface area contributed by atoms with Crippen molar-refractivity contribution in [3.8, 4) is 5.75 Å². The van der Waals surface area contributed by atoms with Crippen LogP contribution < -0.4 is 4.74 Å². The number of hydrogen-bond acceptors (Lipinski definition) is 4. The number of alkyl halides is 3. The van der Waals surface area contributed by atoms with Gasteiger partial charge in [-0.15, -0.1) is 0 Å². The van der Waals surface area contributed by atoms with Crippen LogP contribution in [0, 0.1) is 5.82 Å². The molecule has 0 amide bonds. The lowest BCUT2D eigenvalue weighted by Crippen LogP contribution is -2.34. The first-order valence-corrected chi connectivity index (χ1v) is 8.45. The van der Waals surface area contributed by atoms with Crippen LogP contribution in [-0.4, -0.2) is 27.6 Å². The maximum absolute atomic E-state index is 13.2. The second kappa shape index (κ2) is 8.67. The molecule has 1 atom stereocenters. The van der Waals surface area contributed by atoms with Gasteiger partial charge in [0.1, 0.15) is 11.6 Å². The molecular formula is C12H11Br3ClFO4. The molecule has 0 saturated heterocycles. The number of carbonyl (C=O) groups excluding carboxylic acids is 1. The highest BCUT2D eigenvalue weighted by Crippen LogP contribution is 2.39. The van der Waals surface area contributed by atoms with E-state index in [1.165, 1.54) is 12.1 Å². The monoisotopic (exact) mass is 510 g/mol. The molecule has 1 rings (SSSR count). The Labute approximate surface area is 151 Å². The van der Waals surface area contributed by atoms with Crippen LogP contribution in [0.4, 0.5) is 4.39 Å². The van der Waals surface area contributed by atoms with Crippen LogP contribution in [0.1, 0.15) is 6.92 Å². The van der Waals surface area contributed by atoms with E-state index in [1.54, 1.807) is 6.92 Å². The van der Waals surface area contributed by atoms with Gasteiger partial charge in [0, 0.05) is 12.7 Å². The first-order valence-electron chi connectivity index (χ1n) is 5.69. The van der Waals surface area contributed by atoms with Crippen molar-refractivity contribution in [3.63, 3.8) is 0 Å². The summed E-state index contributed by atoms with van der Waals surface area (Å²) < 4.78 is 27.7. The lowest BCUT2D eigenvalue weighted by Gasteiger charge is -2.24. The zero-order valence-electron chi connectivity index (χ0n) is 10.7. The third-order valence-electron chi connectivity index (χ3n) is 2.07. The summed E-state index contributed by atoms with van der Waals surface area (Å²) in [5.74, 6) is -1.13. The molecule has 0 aliphatic carbocycles. The second-order valence-corrected chi connectivity index (χ2v) is 11.0. The zero-order valence-corrected chi connectivity index (χ0v) is 16.3. The molecule has 9 heteroatoms. The van der Waals surface area contributed by atoms with E-state index in [2.05, 4.69) is 47.8 Å². The molecule has 1 aromatic carbocycles. The highest BCUT2D eigenvalue weighted by molar-refractivity contribution is 9.39. The minimum absolute atomic E-state index is 0.0241. The lowest BCUT2D eigenvalue weighted by molar-refractivity contribution is -0.177. The summed E-state index contributed by atoms with van der Waals surface area (Å²) in [5.41, 5.74) is 0. The first kappa shape index (κ1) is 19.2. The number of hydrogen-bond donors (Lipinski definition) is 0. The third-order valence-corrected chi connectivity index (χ3v) is 3.50. The summed E-state index contributed by atoms with van der Waals surface area (Å²) in [5, 5.41) is -0.0241. The van der Waals surface area contributed by atoms with Gasteiger partial charge >= 0.3 is 5.97 Å². The lowest BCUT2D eigenvalue weighted by atomic mass is 10.3. The van der Waals surface area contributed by atoms with Gasteiger partial charge < -0.3 is 14.2 Å². The molecule has 0 fully saturated rings. The van der Waals surface area contributed by atoms with E-state index in [0.717, 1.165) is 6.07 Å². The maximum atomic E-state index is 13.2. The van der Waals surface area contributed by atoms with Crippen molar-refractivity contribution in [2.24, 2.45) is 0 Å². The molecule has 0 heterocycles. The molecule has 0 aromatic heterocycles. The highest BCUT2D eigenvalue weighted by Gasteiger charge is 2.35. The summed E-state index contributed by atoms with van der Waals surface area (Å²) >= 11 is 15.2. The van der Waals surface area contributed by atoms with E-state index < -0.39 is 26.8 Å². The minimum Gasteiger partial charge on any atom is -0.482 e. The Bertz CT molecular complexity index is 496. The Morgan fingerprint density at radius 2 is 2.10 bits per heavy atom. The van der Waals surface area contributed by atoms with E-state index in [4.69, 9.17) is 25.8 Å². The predicted molar refractivity (Wildman–Crippen MR) is 87.9 cm³/mol. The number of esters is 1. The van der Waals surface area contributed by atoms with Crippen molar-refractivity contribution >= 4 is 65.4 Å². The molecule has 0 radical (unpaired) electrons. The third kappa shape index (κ3) is 6.81. The van der Waals surface area contributed by atoms with Gasteiger partial charge in [0.05, 0.1) is 5.02 Å². The van der Waals surface area contributed by atoms with Crippen LogP contribution in [0.25, 0.3) is 0 Å². The smallest absolute Gasteiger partial charge is 0.346 e. The molecule has 0 N–H and O–H groups in total. The van der Waals surface area contributed by atoms with Gasteiger partial charge in [-0.3, -0.25) is 0 Å². The Morgan fingerprint density at radius 3 is 2.62 bits per heavy atom. The van der Waals surface area contributed by atoms with Crippen LogP contribution in [0.2, 0.25) is 5.02 Å².